The molecule has 70 heavy (non-hydrogen) atoms. The molecule has 5 heteroatoms. The highest BCUT2D eigenvalue weighted by molar-refractivity contribution is 7.26. The molecule has 1 aliphatic carbocycles. The van der Waals surface area contributed by atoms with Gasteiger partial charge in [-0.1, -0.05) is 158 Å². The Balaban J connectivity index is 1.09. The molecular formula is C65H62BN3S. The van der Waals surface area contributed by atoms with E-state index in [1.165, 1.54) is 135 Å². The van der Waals surface area contributed by atoms with E-state index < -0.39 is 0 Å². The van der Waals surface area contributed by atoms with Gasteiger partial charge in [-0.2, -0.15) is 0 Å². The molecule has 9 aromatic rings. The standard InChI is InChI=1S/C65H62BN3S/c1-41-36-57-60-58(37-41)68(55-22-17-21-49-48-20-13-14-23-59(48)70-61(49)55)56-40-47(69-53-32-24-43(42-18-11-10-12-19-42)38-50(53)64(8)34-15-16-35-65(64,69)9)30-31-51(56)66(60)52-39-45(63(5,6)7)27-33-54(52)67(57)46-28-25-44(26-29-46)62(2,3)4/h10-14,17-33,36-40H,15-16,34-35H2,1-9H3. The minimum absolute atomic E-state index is 0.0115. The predicted octanol–water partition coefficient (Wildman–Crippen LogP) is 16.4. The van der Waals surface area contributed by atoms with Crippen molar-refractivity contribution in [2.45, 2.75) is 110 Å². The zero-order valence-electron chi connectivity index (χ0n) is 42.2. The summed E-state index contributed by atoms with van der Waals surface area (Å²) in [5.74, 6) is 0. The Morgan fingerprint density at radius 3 is 1.94 bits per heavy atom. The number of thiophene rings is 1. The Labute approximate surface area is 419 Å². The van der Waals surface area contributed by atoms with Gasteiger partial charge >= 0.3 is 0 Å². The fraction of sp³-hybridized carbons (Fsp3) is 0.262. The zero-order chi connectivity index (χ0) is 48.1. The summed E-state index contributed by atoms with van der Waals surface area (Å²) in [6.07, 6.45) is 4.80. The quantitative estimate of drug-likeness (QED) is 0.163. The molecule has 0 N–H and O–H groups in total. The third-order valence-corrected chi connectivity index (χ3v) is 18.4. The molecule has 0 amide bonds. The fourth-order valence-electron chi connectivity index (χ4n) is 13.2. The second-order valence-electron chi connectivity index (χ2n) is 23.4. The van der Waals surface area contributed by atoms with Crippen LogP contribution in [0.25, 0.3) is 31.3 Å². The van der Waals surface area contributed by atoms with E-state index in [1.807, 2.05) is 11.3 Å². The molecule has 4 aliphatic rings. The number of nitrogens with zero attached hydrogens (tertiary/aromatic N) is 3. The average Bonchev–Trinajstić information content (AvgIpc) is 3.83. The maximum atomic E-state index is 2.78. The summed E-state index contributed by atoms with van der Waals surface area (Å²) in [5, 5.41) is 2.63. The van der Waals surface area contributed by atoms with Gasteiger partial charge in [0.15, 0.2) is 0 Å². The molecule has 0 spiro atoms. The number of anilines is 8. The van der Waals surface area contributed by atoms with Crippen LogP contribution in [0.4, 0.5) is 45.5 Å². The van der Waals surface area contributed by atoms with Crippen LogP contribution in [0.5, 0.6) is 0 Å². The first-order chi connectivity index (χ1) is 33.6. The summed E-state index contributed by atoms with van der Waals surface area (Å²) in [4.78, 5) is 8.03. The number of fused-ring (bicyclic) bond motifs is 10. The monoisotopic (exact) mass is 927 g/mol. The van der Waals surface area contributed by atoms with E-state index >= 15 is 0 Å². The van der Waals surface area contributed by atoms with E-state index in [9.17, 15) is 0 Å². The van der Waals surface area contributed by atoms with Crippen molar-refractivity contribution in [3.8, 4) is 11.1 Å². The topological polar surface area (TPSA) is 9.72 Å². The molecule has 2 atom stereocenters. The van der Waals surface area contributed by atoms with Gasteiger partial charge < -0.3 is 14.7 Å². The van der Waals surface area contributed by atoms with Crippen LogP contribution in [-0.2, 0) is 16.2 Å². The Morgan fingerprint density at radius 2 is 1.17 bits per heavy atom. The van der Waals surface area contributed by atoms with Crippen molar-refractivity contribution in [3.63, 3.8) is 0 Å². The summed E-state index contributed by atoms with van der Waals surface area (Å²) in [6, 6.07) is 63.6. The number of benzene rings is 8. The van der Waals surface area contributed by atoms with E-state index in [0.29, 0.717) is 0 Å². The predicted molar refractivity (Wildman–Crippen MR) is 304 cm³/mol. The summed E-state index contributed by atoms with van der Waals surface area (Å²) in [7, 11) is 0. The lowest BCUT2D eigenvalue weighted by Gasteiger charge is -2.50. The summed E-state index contributed by atoms with van der Waals surface area (Å²) >= 11 is 1.92. The van der Waals surface area contributed by atoms with Crippen LogP contribution in [0.3, 0.4) is 0 Å². The molecule has 1 aromatic heterocycles. The molecule has 4 heterocycles. The third kappa shape index (κ3) is 6.26. The lowest BCUT2D eigenvalue weighted by molar-refractivity contribution is 0.195. The van der Waals surface area contributed by atoms with Crippen LogP contribution in [0.2, 0.25) is 0 Å². The van der Waals surface area contributed by atoms with Gasteiger partial charge in [0, 0.05) is 60.7 Å². The lowest BCUT2D eigenvalue weighted by atomic mass is 9.33. The fourth-order valence-corrected chi connectivity index (χ4v) is 14.4. The van der Waals surface area contributed by atoms with Gasteiger partial charge in [0.05, 0.1) is 15.9 Å². The lowest BCUT2D eigenvalue weighted by Crippen LogP contribution is -2.61. The first-order valence-corrected chi connectivity index (χ1v) is 26.5. The molecule has 13 rings (SSSR count). The normalized spacial score (nSPS) is 19.3. The first-order valence-electron chi connectivity index (χ1n) is 25.7. The molecule has 346 valence electrons. The molecule has 3 aliphatic heterocycles. The second kappa shape index (κ2) is 15.2. The van der Waals surface area contributed by atoms with Gasteiger partial charge in [0.1, 0.15) is 0 Å². The molecular weight excluding hydrogens is 866 g/mol. The van der Waals surface area contributed by atoms with Crippen LogP contribution in [-0.4, -0.2) is 12.3 Å². The van der Waals surface area contributed by atoms with Crippen molar-refractivity contribution in [2.24, 2.45) is 0 Å². The minimum atomic E-state index is -0.105. The van der Waals surface area contributed by atoms with Crippen LogP contribution in [0, 0.1) is 6.92 Å². The van der Waals surface area contributed by atoms with Gasteiger partial charge in [-0.3, -0.25) is 0 Å². The van der Waals surface area contributed by atoms with Gasteiger partial charge in [0.25, 0.3) is 6.71 Å². The summed E-state index contributed by atoms with van der Waals surface area (Å²) < 4.78 is 2.64. The number of rotatable bonds is 4. The highest BCUT2D eigenvalue weighted by Crippen LogP contribution is 2.62. The molecule has 1 saturated carbocycles. The number of hydrogen-bond acceptors (Lipinski definition) is 4. The van der Waals surface area contributed by atoms with Crippen LogP contribution in [0.1, 0.15) is 103 Å². The van der Waals surface area contributed by atoms with Crippen LogP contribution < -0.4 is 31.1 Å². The molecule has 3 nitrogen and oxygen atoms in total. The van der Waals surface area contributed by atoms with E-state index in [2.05, 4.69) is 241 Å². The van der Waals surface area contributed by atoms with Crippen molar-refractivity contribution < 1.29 is 0 Å². The summed E-state index contributed by atoms with van der Waals surface area (Å²) in [6.45, 7) is 21.4. The van der Waals surface area contributed by atoms with Crippen molar-refractivity contribution in [2.75, 3.05) is 14.7 Å². The third-order valence-electron chi connectivity index (χ3n) is 17.1. The maximum absolute atomic E-state index is 2.78. The van der Waals surface area contributed by atoms with Crippen molar-refractivity contribution in [1.82, 2.24) is 0 Å². The van der Waals surface area contributed by atoms with E-state index in [4.69, 9.17) is 0 Å². The highest BCUT2D eigenvalue weighted by Gasteiger charge is 2.58. The van der Waals surface area contributed by atoms with Crippen molar-refractivity contribution >= 4 is 100 Å². The number of hydrogen-bond donors (Lipinski definition) is 0. The van der Waals surface area contributed by atoms with Gasteiger partial charge in [0.2, 0.25) is 0 Å². The smallest absolute Gasteiger partial charge is 0.252 e. The van der Waals surface area contributed by atoms with Crippen LogP contribution in [0.15, 0.2) is 164 Å². The van der Waals surface area contributed by atoms with E-state index in [1.54, 1.807) is 0 Å². The van der Waals surface area contributed by atoms with Crippen molar-refractivity contribution in [1.29, 1.82) is 0 Å². The minimum Gasteiger partial charge on any atom is -0.334 e. The van der Waals surface area contributed by atoms with E-state index in [-0.39, 0.29) is 28.5 Å². The van der Waals surface area contributed by atoms with Gasteiger partial charge in [-0.15, -0.1) is 11.3 Å². The summed E-state index contributed by atoms with van der Waals surface area (Å²) in [5.41, 5.74) is 22.1. The Morgan fingerprint density at radius 1 is 0.500 bits per heavy atom. The molecule has 0 saturated heterocycles. The second-order valence-corrected chi connectivity index (χ2v) is 24.4. The number of aryl methyl sites for hydroxylation is 1. The average molecular weight is 928 g/mol. The van der Waals surface area contributed by atoms with Crippen molar-refractivity contribution in [3.05, 3.63) is 186 Å². The van der Waals surface area contributed by atoms with Gasteiger partial charge in [-0.25, -0.2) is 0 Å². The molecule has 2 unspecified atom stereocenters. The highest BCUT2D eigenvalue weighted by atomic mass is 32.1. The largest absolute Gasteiger partial charge is 0.334 e. The first kappa shape index (κ1) is 43.5. The Bertz CT molecular complexity index is 3590. The molecule has 0 radical (unpaired) electrons. The maximum Gasteiger partial charge on any atom is 0.252 e. The zero-order valence-corrected chi connectivity index (χ0v) is 43.1. The van der Waals surface area contributed by atoms with E-state index in [0.717, 1.165) is 6.42 Å². The SMILES string of the molecule is Cc1cc2c3c(c1)N(c1cccc4c1sc1ccccc14)c1cc(N4c5ccc(-c6ccccc6)cc5C5(C)CCCCC45C)ccc1B3c1cc(C(C)(C)C)ccc1N2c1ccc(C(C)(C)C)cc1. The Kier molecular flexibility index (Phi) is 9.45. The van der Waals surface area contributed by atoms with Crippen LogP contribution >= 0.6 is 11.3 Å². The molecule has 8 aromatic carbocycles. The molecule has 0 bridgehead atoms. The molecule has 1 fully saturated rings. The Hall–Kier alpha value is -6.56. The van der Waals surface area contributed by atoms with Gasteiger partial charge in [-0.05, 0) is 154 Å².